The van der Waals surface area contributed by atoms with Gasteiger partial charge in [-0.05, 0) is 0 Å². The SMILES string of the molecule is CCCCCCC[CH2][Sn]([CH2]CCCCCCC)([O]C(=O)c1ccccc1)[O][Sn]([CH2]CCCCCCC)([CH2]CCCCCCC)[O]C(=O)c1ccccc1. The summed E-state index contributed by atoms with van der Waals surface area (Å²) in [4.78, 5) is 28.3. The van der Waals surface area contributed by atoms with Crippen LogP contribution in [0.5, 0.6) is 0 Å². The van der Waals surface area contributed by atoms with Crippen molar-refractivity contribution in [1.82, 2.24) is 0 Å². The molecule has 53 heavy (non-hydrogen) atoms. The second kappa shape index (κ2) is 31.1. The number of hydrogen-bond donors (Lipinski definition) is 0. The normalized spacial score (nSPS) is 11.8. The Morgan fingerprint density at radius 2 is 0.623 bits per heavy atom. The summed E-state index contributed by atoms with van der Waals surface area (Å²) in [5.74, 6) is -0.487. The monoisotopic (exact) mass is 950 g/mol. The van der Waals surface area contributed by atoms with Gasteiger partial charge in [0.25, 0.3) is 0 Å². The van der Waals surface area contributed by atoms with Crippen LogP contribution < -0.4 is 0 Å². The van der Waals surface area contributed by atoms with E-state index >= 15 is 0 Å². The van der Waals surface area contributed by atoms with Gasteiger partial charge in [0.05, 0.1) is 0 Å². The summed E-state index contributed by atoms with van der Waals surface area (Å²) in [6.07, 6.45) is 28.3. The Morgan fingerprint density at radius 1 is 0.377 bits per heavy atom. The first kappa shape index (κ1) is 48.1. The average Bonchev–Trinajstić information content (AvgIpc) is 3.18. The van der Waals surface area contributed by atoms with Crippen molar-refractivity contribution in [2.45, 2.75) is 200 Å². The van der Waals surface area contributed by atoms with Crippen molar-refractivity contribution in [2.75, 3.05) is 0 Å². The molecular weight excluding hydrogens is 870 g/mol. The second-order valence-corrected chi connectivity index (χ2v) is 37.3. The quantitative estimate of drug-likeness (QED) is 0.0517. The van der Waals surface area contributed by atoms with E-state index in [1.54, 1.807) is 0 Å². The molecule has 0 radical (unpaired) electrons. The fraction of sp³-hybridized carbons (Fsp3) is 0.696. The van der Waals surface area contributed by atoms with Crippen molar-refractivity contribution in [1.29, 1.82) is 0 Å². The Bertz CT molecular complexity index is 1050. The molecule has 0 amide bonds. The van der Waals surface area contributed by atoms with Crippen LogP contribution in [0.3, 0.4) is 0 Å². The molecule has 0 unspecified atom stereocenters. The van der Waals surface area contributed by atoms with Gasteiger partial charge >= 0.3 is 339 Å². The molecule has 7 heteroatoms. The number of hydrogen-bond acceptors (Lipinski definition) is 5. The molecule has 0 spiro atoms. The van der Waals surface area contributed by atoms with Crippen molar-refractivity contribution in [3.8, 4) is 0 Å². The van der Waals surface area contributed by atoms with Gasteiger partial charge in [-0.15, -0.1) is 0 Å². The van der Waals surface area contributed by atoms with E-state index in [1.807, 2.05) is 60.7 Å². The Labute approximate surface area is 336 Å². The Morgan fingerprint density at radius 3 is 0.887 bits per heavy atom. The first-order valence-corrected chi connectivity index (χ1v) is 34.9. The van der Waals surface area contributed by atoms with Crippen LogP contribution in [0.4, 0.5) is 0 Å². The molecule has 0 N–H and O–H groups in total. The Kier molecular flexibility index (Phi) is 28.2. The van der Waals surface area contributed by atoms with Gasteiger partial charge in [-0.3, -0.25) is 0 Å². The first-order chi connectivity index (χ1) is 25.9. The minimum atomic E-state index is -4.24. The van der Waals surface area contributed by atoms with E-state index in [0.29, 0.717) is 11.1 Å². The molecule has 2 aromatic rings. The minimum absolute atomic E-state index is 0.243. The molecule has 0 aliphatic rings. The van der Waals surface area contributed by atoms with Crippen molar-refractivity contribution in [2.24, 2.45) is 0 Å². The number of carbonyl (C=O) groups is 2. The topological polar surface area (TPSA) is 61.8 Å². The predicted octanol–water partition coefficient (Wildman–Crippen LogP) is 15.0. The van der Waals surface area contributed by atoms with Crippen molar-refractivity contribution in [3.05, 3.63) is 71.8 Å². The molecular formula is C46H78O5Sn2. The van der Waals surface area contributed by atoms with Crippen molar-refractivity contribution < 1.29 is 17.1 Å². The zero-order valence-electron chi connectivity index (χ0n) is 34.6. The van der Waals surface area contributed by atoms with Crippen LogP contribution in [-0.2, 0) is 7.56 Å². The second-order valence-electron chi connectivity index (χ2n) is 15.5. The van der Waals surface area contributed by atoms with Crippen LogP contribution >= 0.6 is 0 Å². The van der Waals surface area contributed by atoms with Gasteiger partial charge in [-0.25, -0.2) is 0 Å². The summed E-state index contributed by atoms with van der Waals surface area (Å²) in [6, 6.07) is 19.0. The van der Waals surface area contributed by atoms with Gasteiger partial charge in [0, 0.05) is 0 Å². The summed E-state index contributed by atoms with van der Waals surface area (Å²) in [7, 11) is 0. The first-order valence-electron chi connectivity index (χ1n) is 22.2. The van der Waals surface area contributed by atoms with Gasteiger partial charge in [0.2, 0.25) is 0 Å². The van der Waals surface area contributed by atoms with E-state index in [1.165, 1.54) is 103 Å². The molecule has 0 atom stereocenters. The summed E-state index contributed by atoms with van der Waals surface area (Å²) in [6.45, 7) is 9.04. The summed E-state index contributed by atoms with van der Waals surface area (Å²) in [5.41, 5.74) is 1.19. The molecule has 0 bridgehead atoms. The molecule has 0 saturated carbocycles. The maximum atomic E-state index is 14.1. The molecule has 2 rings (SSSR count). The van der Waals surface area contributed by atoms with E-state index in [-0.39, 0.29) is 11.9 Å². The standard InChI is InChI=1S/4C8H17.2C7H6O2.O.2Sn/c4*1-3-5-7-8-6-4-2;2*8-7(9)6-4-2-1-3-5-6;;;/h4*1,3-8H2,2H3;2*1-5H,(H,8,9);;;/q;;;;;;;2*+1/p-2. The van der Waals surface area contributed by atoms with Gasteiger partial charge in [0.15, 0.2) is 0 Å². The molecule has 2 aromatic carbocycles. The van der Waals surface area contributed by atoms with Gasteiger partial charge in [-0.2, -0.15) is 0 Å². The molecule has 0 aliphatic heterocycles. The number of carbonyl (C=O) groups excluding carboxylic acids is 2. The van der Waals surface area contributed by atoms with E-state index in [2.05, 4.69) is 27.7 Å². The number of rotatable bonds is 34. The number of benzene rings is 2. The molecule has 300 valence electrons. The van der Waals surface area contributed by atoms with E-state index in [4.69, 9.17) is 7.56 Å². The zero-order valence-corrected chi connectivity index (χ0v) is 40.3. The molecule has 0 heterocycles. The van der Waals surface area contributed by atoms with Gasteiger partial charge < -0.3 is 0 Å². The fourth-order valence-electron chi connectivity index (χ4n) is 7.34. The third-order valence-corrected chi connectivity index (χ3v) is 42.9. The Hall–Kier alpha value is -1.06. The molecule has 0 fully saturated rings. The number of unbranched alkanes of at least 4 members (excludes halogenated alkanes) is 20. The van der Waals surface area contributed by atoms with Crippen LogP contribution in [0.1, 0.15) is 203 Å². The molecule has 5 nitrogen and oxygen atoms in total. The third-order valence-electron chi connectivity index (χ3n) is 10.6. The van der Waals surface area contributed by atoms with Crippen LogP contribution in [-0.4, -0.2) is 50.3 Å². The summed E-state index contributed by atoms with van der Waals surface area (Å²) in [5, 5.41) is 0. The van der Waals surface area contributed by atoms with Gasteiger partial charge in [0.1, 0.15) is 0 Å². The fourth-order valence-corrected chi connectivity index (χ4v) is 47.3. The van der Waals surface area contributed by atoms with Crippen LogP contribution in [0.2, 0.25) is 17.7 Å². The van der Waals surface area contributed by atoms with E-state index in [9.17, 15) is 9.59 Å². The molecule has 0 aromatic heterocycles. The predicted molar refractivity (Wildman–Crippen MR) is 229 cm³/mol. The zero-order chi connectivity index (χ0) is 38.3. The maximum absolute atomic E-state index is 14.1. The third kappa shape index (κ3) is 21.7. The van der Waals surface area contributed by atoms with Crippen molar-refractivity contribution >= 4 is 50.3 Å². The average molecular weight is 949 g/mol. The molecule has 0 aliphatic carbocycles. The van der Waals surface area contributed by atoms with E-state index in [0.717, 1.165) is 69.1 Å². The van der Waals surface area contributed by atoms with Crippen LogP contribution in [0.25, 0.3) is 0 Å². The van der Waals surface area contributed by atoms with E-state index < -0.39 is 38.4 Å². The summed E-state index contributed by atoms with van der Waals surface area (Å²) >= 11 is -8.47. The Balaban J connectivity index is 2.57. The van der Waals surface area contributed by atoms with Crippen LogP contribution in [0, 0.1) is 0 Å². The van der Waals surface area contributed by atoms with Crippen LogP contribution in [0.15, 0.2) is 60.7 Å². The van der Waals surface area contributed by atoms with Crippen molar-refractivity contribution in [3.63, 3.8) is 0 Å². The molecule has 0 saturated heterocycles. The van der Waals surface area contributed by atoms with Gasteiger partial charge in [-0.1, -0.05) is 0 Å². The summed E-state index contributed by atoms with van der Waals surface area (Å²) < 4.78 is 25.2.